The molecular weight excluding hydrogens is 354 g/mol. The summed E-state index contributed by atoms with van der Waals surface area (Å²) in [6, 6.07) is 16.2. The van der Waals surface area contributed by atoms with E-state index in [0.717, 1.165) is 5.56 Å². The molecule has 0 aliphatic heterocycles. The van der Waals surface area contributed by atoms with E-state index in [0.29, 0.717) is 17.7 Å². The summed E-state index contributed by atoms with van der Waals surface area (Å²) in [6.07, 6.45) is -0.0689. The molecule has 0 fully saturated rings. The first-order chi connectivity index (χ1) is 13.2. The van der Waals surface area contributed by atoms with Crippen LogP contribution in [-0.2, 0) is 20.7 Å². The number of hydrogen-bond donors (Lipinski definition) is 1. The van der Waals surface area contributed by atoms with Crippen molar-refractivity contribution in [3.63, 3.8) is 0 Å². The summed E-state index contributed by atoms with van der Waals surface area (Å²) in [5.74, 6) is -0.784. The van der Waals surface area contributed by atoms with Crippen molar-refractivity contribution in [1.29, 1.82) is 0 Å². The number of ether oxygens (including phenoxy) is 1. The van der Waals surface area contributed by atoms with E-state index >= 15 is 0 Å². The Morgan fingerprint density at radius 2 is 1.57 bits per heavy atom. The summed E-state index contributed by atoms with van der Waals surface area (Å²) >= 11 is 0. The average molecular weight is 381 g/mol. The standard InChI is InChI=1S/C23H27NO4/c1-16(28-20(25)15-10-17-8-6-5-7-9-17)21(26)18-11-13-19(14-12-18)24-22(27)23(2,3)4/h5-9,11-14,16H,10,15H2,1-4H3,(H,24,27)/t16-/m1/s1. The van der Waals surface area contributed by atoms with Crippen molar-refractivity contribution in [1.82, 2.24) is 0 Å². The number of amides is 1. The molecule has 0 aliphatic carbocycles. The van der Waals surface area contributed by atoms with E-state index < -0.39 is 17.5 Å². The smallest absolute Gasteiger partial charge is 0.306 e. The molecule has 0 heterocycles. The van der Waals surface area contributed by atoms with E-state index in [1.54, 1.807) is 31.2 Å². The van der Waals surface area contributed by atoms with Gasteiger partial charge < -0.3 is 10.1 Å². The third-order valence-electron chi connectivity index (χ3n) is 4.25. The molecule has 0 saturated heterocycles. The van der Waals surface area contributed by atoms with E-state index in [1.807, 2.05) is 51.1 Å². The van der Waals surface area contributed by atoms with Gasteiger partial charge in [0.1, 0.15) is 0 Å². The topological polar surface area (TPSA) is 72.5 Å². The van der Waals surface area contributed by atoms with Gasteiger partial charge in [-0.15, -0.1) is 0 Å². The minimum absolute atomic E-state index is 0.104. The molecule has 0 aliphatic rings. The molecule has 1 atom stereocenters. The van der Waals surface area contributed by atoms with Crippen molar-refractivity contribution in [3.05, 3.63) is 65.7 Å². The molecule has 2 aromatic rings. The first-order valence-electron chi connectivity index (χ1n) is 9.36. The highest BCUT2D eigenvalue weighted by atomic mass is 16.5. The predicted molar refractivity (Wildman–Crippen MR) is 109 cm³/mol. The van der Waals surface area contributed by atoms with Crippen molar-refractivity contribution in [3.8, 4) is 0 Å². The van der Waals surface area contributed by atoms with Crippen molar-refractivity contribution >= 4 is 23.3 Å². The highest BCUT2D eigenvalue weighted by Gasteiger charge is 2.22. The zero-order chi connectivity index (χ0) is 20.7. The largest absolute Gasteiger partial charge is 0.454 e. The summed E-state index contributed by atoms with van der Waals surface area (Å²) in [6.45, 7) is 7.05. The van der Waals surface area contributed by atoms with Crippen LogP contribution in [0.3, 0.4) is 0 Å². The third kappa shape index (κ3) is 6.34. The van der Waals surface area contributed by atoms with Crippen LogP contribution in [0.15, 0.2) is 54.6 Å². The van der Waals surface area contributed by atoms with E-state index in [1.165, 1.54) is 0 Å². The monoisotopic (exact) mass is 381 g/mol. The molecule has 0 saturated carbocycles. The predicted octanol–water partition coefficient (Wildman–Crippen LogP) is 4.42. The molecule has 0 aromatic heterocycles. The first kappa shape index (κ1) is 21.4. The van der Waals surface area contributed by atoms with Crippen LogP contribution < -0.4 is 5.32 Å². The molecule has 0 spiro atoms. The molecule has 0 bridgehead atoms. The van der Waals surface area contributed by atoms with Gasteiger partial charge in [-0.1, -0.05) is 51.1 Å². The molecule has 0 unspecified atom stereocenters. The van der Waals surface area contributed by atoms with Gasteiger partial charge in [-0.25, -0.2) is 0 Å². The Kier molecular flexibility index (Phi) is 7.10. The van der Waals surface area contributed by atoms with Crippen LogP contribution in [-0.4, -0.2) is 23.8 Å². The van der Waals surface area contributed by atoms with Crippen molar-refractivity contribution in [2.75, 3.05) is 5.32 Å². The molecule has 1 amide bonds. The number of aryl methyl sites for hydroxylation is 1. The summed E-state index contributed by atoms with van der Waals surface area (Å²) < 4.78 is 5.27. The second kappa shape index (κ2) is 9.31. The van der Waals surface area contributed by atoms with Crippen molar-refractivity contribution in [2.24, 2.45) is 5.41 Å². The minimum Gasteiger partial charge on any atom is -0.454 e. The van der Waals surface area contributed by atoms with Crippen LogP contribution in [0, 0.1) is 5.41 Å². The number of anilines is 1. The Labute approximate surface area is 166 Å². The highest BCUT2D eigenvalue weighted by molar-refractivity contribution is 6.01. The van der Waals surface area contributed by atoms with Gasteiger partial charge in [-0.2, -0.15) is 0 Å². The number of rotatable bonds is 7. The number of carbonyl (C=O) groups is 3. The Balaban J connectivity index is 1.88. The van der Waals surface area contributed by atoms with Gasteiger partial charge >= 0.3 is 5.97 Å². The number of benzene rings is 2. The lowest BCUT2D eigenvalue weighted by Gasteiger charge is -2.18. The maximum Gasteiger partial charge on any atom is 0.306 e. The lowest BCUT2D eigenvalue weighted by molar-refractivity contribution is -0.146. The lowest BCUT2D eigenvalue weighted by atomic mass is 9.95. The fourth-order valence-electron chi connectivity index (χ4n) is 2.47. The number of hydrogen-bond acceptors (Lipinski definition) is 4. The molecule has 2 rings (SSSR count). The average Bonchev–Trinajstić information content (AvgIpc) is 2.66. The number of nitrogens with one attached hydrogen (secondary N) is 1. The zero-order valence-electron chi connectivity index (χ0n) is 16.8. The normalized spacial score (nSPS) is 12.1. The number of ketones is 1. The molecule has 5 heteroatoms. The summed E-state index contributed by atoms with van der Waals surface area (Å²) in [4.78, 5) is 36.5. The summed E-state index contributed by atoms with van der Waals surface area (Å²) in [7, 11) is 0. The molecule has 2 aromatic carbocycles. The first-order valence-corrected chi connectivity index (χ1v) is 9.36. The van der Waals surface area contributed by atoms with Gasteiger partial charge in [0.2, 0.25) is 11.7 Å². The van der Waals surface area contributed by atoms with Gasteiger partial charge in [0.25, 0.3) is 0 Å². The molecule has 0 radical (unpaired) electrons. The van der Waals surface area contributed by atoms with Gasteiger partial charge in [0.15, 0.2) is 6.10 Å². The van der Waals surface area contributed by atoms with Crippen LogP contribution in [0.5, 0.6) is 0 Å². The summed E-state index contributed by atoms with van der Waals surface area (Å²) in [5, 5.41) is 2.81. The van der Waals surface area contributed by atoms with E-state index in [2.05, 4.69) is 5.32 Å². The quantitative estimate of drug-likeness (QED) is 0.569. The second-order valence-electron chi connectivity index (χ2n) is 7.76. The van der Waals surface area contributed by atoms with Gasteiger partial charge in [-0.05, 0) is 43.2 Å². The molecule has 5 nitrogen and oxygen atoms in total. The Bertz CT molecular complexity index is 820. The molecule has 1 N–H and O–H groups in total. The van der Waals surface area contributed by atoms with E-state index in [9.17, 15) is 14.4 Å². The number of carbonyl (C=O) groups excluding carboxylic acids is 3. The van der Waals surface area contributed by atoms with Crippen LogP contribution in [0.2, 0.25) is 0 Å². The molecule has 148 valence electrons. The summed E-state index contributed by atoms with van der Waals surface area (Å²) in [5.41, 5.74) is 1.59. The van der Waals surface area contributed by atoms with E-state index in [-0.39, 0.29) is 18.1 Å². The minimum atomic E-state index is -0.863. The Morgan fingerprint density at radius 1 is 0.964 bits per heavy atom. The Hall–Kier alpha value is -2.95. The van der Waals surface area contributed by atoms with Gasteiger partial charge in [0.05, 0.1) is 0 Å². The Morgan fingerprint density at radius 3 is 2.14 bits per heavy atom. The van der Waals surface area contributed by atoms with Crippen LogP contribution in [0.1, 0.15) is 50.0 Å². The zero-order valence-corrected chi connectivity index (χ0v) is 16.8. The van der Waals surface area contributed by atoms with Crippen LogP contribution in [0.25, 0.3) is 0 Å². The number of Topliss-reactive ketones (excluding diaryl/α,β-unsaturated/α-hetero) is 1. The fourth-order valence-corrected chi connectivity index (χ4v) is 2.47. The highest BCUT2D eigenvalue weighted by Crippen LogP contribution is 2.18. The SMILES string of the molecule is C[C@@H](OC(=O)CCc1ccccc1)C(=O)c1ccc(NC(=O)C(C)(C)C)cc1. The lowest BCUT2D eigenvalue weighted by Crippen LogP contribution is -2.27. The van der Waals surface area contributed by atoms with Crippen molar-refractivity contribution < 1.29 is 19.1 Å². The van der Waals surface area contributed by atoms with E-state index in [4.69, 9.17) is 4.74 Å². The number of esters is 1. The third-order valence-corrected chi connectivity index (χ3v) is 4.25. The molecular formula is C23H27NO4. The molecule has 28 heavy (non-hydrogen) atoms. The fraction of sp³-hybridized carbons (Fsp3) is 0.348. The van der Waals surface area contributed by atoms with Crippen LogP contribution in [0.4, 0.5) is 5.69 Å². The van der Waals surface area contributed by atoms with Gasteiger partial charge in [0, 0.05) is 23.1 Å². The van der Waals surface area contributed by atoms with Crippen LogP contribution >= 0.6 is 0 Å². The van der Waals surface area contributed by atoms with Crippen molar-refractivity contribution in [2.45, 2.75) is 46.6 Å². The second-order valence-corrected chi connectivity index (χ2v) is 7.76. The van der Waals surface area contributed by atoms with Gasteiger partial charge in [-0.3, -0.25) is 14.4 Å². The maximum atomic E-state index is 12.5. The maximum absolute atomic E-state index is 12.5.